The number of nitrogens with two attached hydrogens (primary N) is 1. The maximum Gasteiger partial charge on any atom is 0.423 e. The van der Waals surface area contributed by atoms with Crippen molar-refractivity contribution in [2.45, 2.75) is 31.7 Å². The van der Waals surface area contributed by atoms with Gasteiger partial charge in [0.05, 0.1) is 4.92 Å². The molecule has 0 saturated carbocycles. The summed E-state index contributed by atoms with van der Waals surface area (Å²) in [6.07, 6.45) is -6.81. The zero-order valence-corrected chi connectivity index (χ0v) is 15.8. The van der Waals surface area contributed by atoms with E-state index in [2.05, 4.69) is 0 Å². The molecule has 2 rings (SSSR count). The molecule has 8 nitrogen and oxygen atoms in total. The van der Waals surface area contributed by atoms with E-state index in [9.17, 15) is 38.0 Å². The van der Waals surface area contributed by atoms with Crippen LogP contribution in [0, 0.1) is 10.1 Å². The number of hydrogen-bond acceptors (Lipinski definition) is 6. The van der Waals surface area contributed by atoms with Crippen molar-refractivity contribution in [1.82, 2.24) is 0 Å². The molecule has 1 amide bonds. The molecule has 2 aromatic carbocycles. The predicted octanol–water partition coefficient (Wildman–Crippen LogP) is 3.17. The molecule has 0 aliphatic rings. The average molecular weight is 426 g/mol. The SMILES string of the molecule is CC(=O)c1ccc(OC(c2ccc([N+](=O)[O-])c(C(F)(F)F)c2)[C@](C)(O)C(N)=O)cc1. The highest BCUT2D eigenvalue weighted by Crippen LogP contribution is 2.40. The number of Topliss-reactive ketones (excluding diaryl/α,β-unsaturated/α-hetero) is 1. The molecule has 0 bridgehead atoms. The number of amides is 1. The Morgan fingerprint density at radius 3 is 2.17 bits per heavy atom. The number of ketones is 1. The van der Waals surface area contributed by atoms with Gasteiger partial charge in [-0.3, -0.25) is 19.7 Å². The van der Waals surface area contributed by atoms with Gasteiger partial charge in [-0.15, -0.1) is 0 Å². The molecule has 0 fully saturated rings. The lowest BCUT2D eigenvalue weighted by Gasteiger charge is -2.31. The minimum absolute atomic E-state index is 0.0124. The number of aliphatic hydroxyl groups is 1. The number of nitro benzene ring substituents is 1. The second kappa shape index (κ2) is 8.11. The van der Waals surface area contributed by atoms with Crippen molar-refractivity contribution < 1.29 is 37.5 Å². The topological polar surface area (TPSA) is 133 Å². The van der Waals surface area contributed by atoms with E-state index in [0.29, 0.717) is 17.7 Å². The second-order valence-corrected chi connectivity index (χ2v) is 6.62. The largest absolute Gasteiger partial charge is 0.482 e. The van der Waals surface area contributed by atoms with E-state index >= 15 is 0 Å². The number of carbonyl (C=O) groups is 2. The van der Waals surface area contributed by atoms with E-state index in [1.54, 1.807) is 0 Å². The van der Waals surface area contributed by atoms with Crippen LogP contribution in [0.2, 0.25) is 0 Å². The van der Waals surface area contributed by atoms with E-state index in [1.807, 2.05) is 0 Å². The van der Waals surface area contributed by atoms with Crippen LogP contribution >= 0.6 is 0 Å². The molecule has 1 unspecified atom stereocenters. The van der Waals surface area contributed by atoms with Crippen molar-refractivity contribution in [2.24, 2.45) is 5.73 Å². The Balaban J connectivity index is 2.59. The van der Waals surface area contributed by atoms with Crippen molar-refractivity contribution in [3.8, 4) is 5.75 Å². The molecule has 0 heterocycles. The number of hydrogen-bond donors (Lipinski definition) is 2. The first kappa shape index (κ1) is 22.8. The fourth-order valence-electron chi connectivity index (χ4n) is 2.64. The second-order valence-electron chi connectivity index (χ2n) is 6.62. The number of nitrogens with zero attached hydrogens (tertiary/aromatic N) is 1. The van der Waals surface area contributed by atoms with Gasteiger partial charge in [-0.25, -0.2) is 0 Å². The number of carbonyl (C=O) groups excluding carboxylic acids is 2. The minimum atomic E-state index is -5.08. The molecular formula is C19H17F3N2O6. The van der Waals surface area contributed by atoms with Crippen molar-refractivity contribution in [1.29, 1.82) is 0 Å². The Hall–Kier alpha value is -3.47. The van der Waals surface area contributed by atoms with Crippen molar-refractivity contribution >= 4 is 17.4 Å². The van der Waals surface area contributed by atoms with Crippen molar-refractivity contribution in [3.63, 3.8) is 0 Å². The number of nitro groups is 1. The summed E-state index contributed by atoms with van der Waals surface area (Å²) in [6, 6.07) is 7.34. The van der Waals surface area contributed by atoms with Gasteiger partial charge in [0.15, 0.2) is 17.5 Å². The summed E-state index contributed by atoms with van der Waals surface area (Å²) in [6.45, 7) is 2.27. The summed E-state index contributed by atoms with van der Waals surface area (Å²) in [5, 5.41) is 21.5. The third-order valence-electron chi connectivity index (χ3n) is 4.35. The number of benzene rings is 2. The summed E-state index contributed by atoms with van der Waals surface area (Å²) >= 11 is 0. The molecule has 0 aromatic heterocycles. The molecule has 0 radical (unpaired) electrons. The van der Waals surface area contributed by atoms with Crippen LogP contribution < -0.4 is 10.5 Å². The van der Waals surface area contributed by atoms with Crippen LogP contribution in [0.4, 0.5) is 18.9 Å². The van der Waals surface area contributed by atoms with Gasteiger partial charge >= 0.3 is 6.18 Å². The fourth-order valence-corrected chi connectivity index (χ4v) is 2.64. The smallest absolute Gasteiger partial charge is 0.423 e. The highest BCUT2D eigenvalue weighted by atomic mass is 19.4. The number of ether oxygens (including phenoxy) is 1. The number of primary amides is 1. The molecule has 0 aliphatic heterocycles. The Bertz CT molecular complexity index is 987. The monoisotopic (exact) mass is 426 g/mol. The van der Waals surface area contributed by atoms with E-state index in [-0.39, 0.29) is 17.1 Å². The zero-order chi connectivity index (χ0) is 22.9. The van der Waals surface area contributed by atoms with E-state index in [4.69, 9.17) is 10.5 Å². The quantitative estimate of drug-likeness (QED) is 0.397. The highest BCUT2D eigenvalue weighted by molar-refractivity contribution is 5.94. The first-order valence-electron chi connectivity index (χ1n) is 8.40. The van der Waals surface area contributed by atoms with Crippen molar-refractivity contribution in [3.05, 3.63) is 69.3 Å². The number of rotatable bonds is 7. The Kier molecular flexibility index (Phi) is 6.17. The fraction of sp³-hybridized carbons (Fsp3) is 0.263. The molecule has 30 heavy (non-hydrogen) atoms. The van der Waals surface area contributed by atoms with Crippen LogP contribution in [0.1, 0.15) is 41.4 Å². The predicted molar refractivity (Wildman–Crippen MR) is 97.7 cm³/mol. The lowest BCUT2D eigenvalue weighted by Crippen LogP contribution is -2.48. The van der Waals surface area contributed by atoms with Crippen LogP contribution in [-0.4, -0.2) is 27.3 Å². The van der Waals surface area contributed by atoms with Gasteiger partial charge in [0.25, 0.3) is 11.6 Å². The lowest BCUT2D eigenvalue weighted by atomic mass is 9.90. The minimum Gasteiger partial charge on any atom is -0.482 e. The first-order valence-corrected chi connectivity index (χ1v) is 8.40. The number of halogens is 3. The van der Waals surface area contributed by atoms with Gasteiger partial charge in [0.1, 0.15) is 11.3 Å². The van der Waals surface area contributed by atoms with Crippen LogP contribution in [0.25, 0.3) is 0 Å². The van der Waals surface area contributed by atoms with E-state index < -0.39 is 40.0 Å². The zero-order valence-electron chi connectivity index (χ0n) is 15.8. The summed E-state index contributed by atoms with van der Waals surface area (Å²) < 4.78 is 45.5. The van der Waals surface area contributed by atoms with E-state index in [1.165, 1.54) is 31.2 Å². The molecule has 0 saturated heterocycles. The Morgan fingerprint density at radius 1 is 1.17 bits per heavy atom. The molecule has 0 spiro atoms. The maximum absolute atomic E-state index is 13.3. The first-order chi connectivity index (χ1) is 13.7. The van der Waals surface area contributed by atoms with Gasteiger partial charge in [-0.1, -0.05) is 0 Å². The van der Waals surface area contributed by atoms with E-state index in [0.717, 1.165) is 13.0 Å². The average Bonchev–Trinajstić information content (AvgIpc) is 2.65. The van der Waals surface area contributed by atoms with Gasteiger partial charge in [0, 0.05) is 11.6 Å². The van der Waals surface area contributed by atoms with Crippen LogP contribution in [-0.2, 0) is 11.0 Å². The van der Waals surface area contributed by atoms with Gasteiger partial charge in [0.2, 0.25) is 0 Å². The lowest BCUT2D eigenvalue weighted by molar-refractivity contribution is -0.388. The normalized spacial score (nSPS) is 14.5. The summed E-state index contributed by atoms with van der Waals surface area (Å²) in [7, 11) is 0. The van der Waals surface area contributed by atoms with Crippen molar-refractivity contribution in [2.75, 3.05) is 0 Å². The Labute approximate surface area is 168 Å². The molecular weight excluding hydrogens is 409 g/mol. The summed E-state index contributed by atoms with van der Waals surface area (Å²) in [5.41, 5.74) is -0.107. The molecule has 160 valence electrons. The molecule has 0 aliphatic carbocycles. The Morgan fingerprint density at radius 2 is 1.73 bits per heavy atom. The molecule has 2 atom stereocenters. The molecule has 2 aromatic rings. The molecule has 11 heteroatoms. The third-order valence-corrected chi connectivity index (χ3v) is 4.35. The number of alkyl halides is 3. The van der Waals surface area contributed by atoms with Crippen LogP contribution in [0.15, 0.2) is 42.5 Å². The standard InChI is InChI=1S/C19H17F3N2O6/c1-10(25)11-3-6-13(7-4-11)30-16(18(2,27)17(23)26)12-5-8-15(24(28)29)14(9-12)19(20,21)22/h3-9,16,27H,1-2H3,(H2,23,26)/t16?,18-/m0/s1. The summed E-state index contributed by atoms with van der Waals surface area (Å²) in [5.74, 6) is -1.52. The van der Waals surface area contributed by atoms with Gasteiger partial charge in [-0.05, 0) is 55.8 Å². The van der Waals surface area contributed by atoms with Crippen LogP contribution in [0.5, 0.6) is 5.75 Å². The van der Waals surface area contributed by atoms with Gasteiger partial charge in [-0.2, -0.15) is 13.2 Å². The maximum atomic E-state index is 13.3. The third kappa shape index (κ3) is 4.74. The summed E-state index contributed by atoms with van der Waals surface area (Å²) in [4.78, 5) is 32.9. The molecule has 3 N–H and O–H groups in total. The van der Waals surface area contributed by atoms with Gasteiger partial charge < -0.3 is 15.6 Å². The van der Waals surface area contributed by atoms with Crippen LogP contribution in [0.3, 0.4) is 0 Å². The highest BCUT2D eigenvalue weighted by Gasteiger charge is 2.44.